The molecule has 1 aliphatic rings. The second-order valence-corrected chi connectivity index (χ2v) is 5.10. The number of hydrogen-bond acceptors (Lipinski definition) is 3. The van der Waals surface area contributed by atoms with E-state index in [2.05, 4.69) is 4.74 Å². The Morgan fingerprint density at radius 2 is 1.70 bits per heavy atom. The maximum atomic E-state index is 12.5. The van der Waals surface area contributed by atoms with E-state index in [4.69, 9.17) is 0 Å². The summed E-state index contributed by atoms with van der Waals surface area (Å²) in [5.41, 5.74) is 1.10. The van der Waals surface area contributed by atoms with Gasteiger partial charge < -0.3 is 9.64 Å². The molecule has 108 valence electrons. The zero-order chi connectivity index (χ0) is 14.5. The first-order valence-electron chi connectivity index (χ1n) is 7.16. The molecule has 1 fully saturated rings. The fourth-order valence-electron chi connectivity index (χ4n) is 2.82. The van der Waals surface area contributed by atoms with E-state index < -0.39 is 0 Å². The van der Waals surface area contributed by atoms with Crippen molar-refractivity contribution < 1.29 is 14.3 Å². The predicted octanol–water partition coefficient (Wildman–Crippen LogP) is 2.88. The zero-order valence-corrected chi connectivity index (χ0v) is 12.1. The Morgan fingerprint density at radius 3 is 2.20 bits per heavy atom. The number of hydrogen-bond donors (Lipinski definition) is 0. The van der Waals surface area contributed by atoms with Crippen molar-refractivity contribution in [2.45, 2.75) is 38.6 Å². The Bertz CT molecular complexity index is 475. The first-order valence-corrected chi connectivity index (χ1v) is 7.16. The molecule has 1 aromatic rings. The van der Waals surface area contributed by atoms with E-state index in [-0.39, 0.29) is 11.9 Å². The highest BCUT2D eigenvalue weighted by Crippen LogP contribution is 2.24. The third-order valence-electron chi connectivity index (χ3n) is 3.92. The summed E-state index contributed by atoms with van der Waals surface area (Å²) < 4.78 is 4.65. The highest BCUT2D eigenvalue weighted by molar-refractivity contribution is 5.96. The SMILES string of the molecule is CCN(C(=O)c1ccc(C(=O)OC)cc1)C1CCCC1. The first-order chi connectivity index (χ1) is 9.67. The van der Waals surface area contributed by atoms with E-state index in [1.165, 1.54) is 20.0 Å². The van der Waals surface area contributed by atoms with Gasteiger partial charge in [-0.1, -0.05) is 12.8 Å². The number of esters is 1. The molecule has 0 heterocycles. The van der Waals surface area contributed by atoms with E-state index in [0.29, 0.717) is 17.2 Å². The summed E-state index contributed by atoms with van der Waals surface area (Å²) in [7, 11) is 1.35. The van der Waals surface area contributed by atoms with Crippen molar-refractivity contribution >= 4 is 11.9 Å². The van der Waals surface area contributed by atoms with Gasteiger partial charge in [0.2, 0.25) is 0 Å². The molecule has 0 bridgehead atoms. The average Bonchev–Trinajstić information content (AvgIpc) is 3.01. The summed E-state index contributed by atoms with van der Waals surface area (Å²) in [6.07, 6.45) is 4.60. The number of carbonyl (C=O) groups excluding carboxylic acids is 2. The van der Waals surface area contributed by atoms with Gasteiger partial charge in [0.15, 0.2) is 0 Å². The van der Waals surface area contributed by atoms with Crippen molar-refractivity contribution in [2.24, 2.45) is 0 Å². The Kier molecular flexibility index (Phi) is 4.77. The van der Waals surface area contributed by atoms with Crippen LogP contribution < -0.4 is 0 Å². The molecular weight excluding hydrogens is 254 g/mol. The molecule has 1 saturated carbocycles. The van der Waals surface area contributed by atoms with E-state index >= 15 is 0 Å². The third-order valence-corrected chi connectivity index (χ3v) is 3.92. The van der Waals surface area contributed by atoms with Gasteiger partial charge in [-0.2, -0.15) is 0 Å². The molecule has 0 saturated heterocycles. The standard InChI is InChI=1S/C16H21NO3/c1-3-17(14-6-4-5-7-14)15(18)12-8-10-13(11-9-12)16(19)20-2/h8-11,14H,3-7H2,1-2H3. The topological polar surface area (TPSA) is 46.6 Å². The van der Waals surface area contributed by atoms with E-state index in [0.717, 1.165) is 19.4 Å². The Morgan fingerprint density at radius 1 is 1.15 bits per heavy atom. The minimum atomic E-state index is -0.382. The normalized spacial score (nSPS) is 15.1. The Balaban J connectivity index is 2.13. The largest absolute Gasteiger partial charge is 0.465 e. The molecule has 0 spiro atoms. The van der Waals surface area contributed by atoms with E-state index in [9.17, 15) is 9.59 Å². The molecule has 0 N–H and O–H groups in total. The maximum absolute atomic E-state index is 12.5. The minimum absolute atomic E-state index is 0.0517. The lowest BCUT2D eigenvalue weighted by Gasteiger charge is -2.27. The van der Waals surface area contributed by atoms with Crippen molar-refractivity contribution in [3.8, 4) is 0 Å². The van der Waals surface area contributed by atoms with Crippen LogP contribution in [0.4, 0.5) is 0 Å². The smallest absolute Gasteiger partial charge is 0.337 e. The quantitative estimate of drug-likeness (QED) is 0.794. The van der Waals surface area contributed by atoms with Crippen molar-refractivity contribution in [3.63, 3.8) is 0 Å². The van der Waals surface area contributed by atoms with Crippen LogP contribution in [0.5, 0.6) is 0 Å². The maximum Gasteiger partial charge on any atom is 0.337 e. The van der Waals surface area contributed by atoms with Crippen LogP contribution in [-0.4, -0.2) is 36.5 Å². The van der Waals surface area contributed by atoms with Crippen molar-refractivity contribution in [2.75, 3.05) is 13.7 Å². The van der Waals surface area contributed by atoms with Crippen molar-refractivity contribution in [1.82, 2.24) is 4.90 Å². The molecule has 0 aliphatic heterocycles. The molecule has 1 aliphatic carbocycles. The number of nitrogens with zero attached hydrogens (tertiary/aromatic N) is 1. The number of carbonyl (C=O) groups is 2. The van der Waals surface area contributed by atoms with Crippen LogP contribution in [0.1, 0.15) is 53.3 Å². The van der Waals surface area contributed by atoms with Gasteiger partial charge in [0.1, 0.15) is 0 Å². The summed E-state index contributed by atoms with van der Waals surface area (Å²) in [4.78, 5) is 25.8. The molecule has 2 rings (SSSR count). The van der Waals surface area contributed by atoms with Crippen molar-refractivity contribution in [3.05, 3.63) is 35.4 Å². The molecule has 0 radical (unpaired) electrons. The summed E-state index contributed by atoms with van der Waals surface area (Å²) in [5.74, 6) is -0.331. The lowest BCUT2D eigenvalue weighted by Crippen LogP contribution is -2.38. The molecule has 20 heavy (non-hydrogen) atoms. The lowest BCUT2D eigenvalue weighted by atomic mass is 10.1. The van der Waals surface area contributed by atoms with Crippen molar-refractivity contribution in [1.29, 1.82) is 0 Å². The van der Waals surface area contributed by atoms with Crippen LogP contribution in [0.25, 0.3) is 0 Å². The van der Waals surface area contributed by atoms with E-state index in [1.807, 2.05) is 11.8 Å². The molecule has 0 aromatic heterocycles. The number of ether oxygens (including phenoxy) is 1. The summed E-state index contributed by atoms with van der Waals surface area (Å²) >= 11 is 0. The molecule has 0 unspecified atom stereocenters. The molecule has 0 atom stereocenters. The highest BCUT2D eigenvalue weighted by atomic mass is 16.5. The number of methoxy groups -OCH3 is 1. The summed E-state index contributed by atoms with van der Waals surface area (Å²) in [5, 5.41) is 0. The fourth-order valence-corrected chi connectivity index (χ4v) is 2.82. The van der Waals surface area contributed by atoms with Crippen LogP contribution in [0.3, 0.4) is 0 Å². The second kappa shape index (κ2) is 6.55. The highest BCUT2D eigenvalue weighted by Gasteiger charge is 2.26. The molecular formula is C16H21NO3. The summed E-state index contributed by atoms with van der Waals surface area (Å²) in [6.45, 7) is 2.74. The van der Waals surface area contributed by atoms with Crippen LogP contribution in [-0.2, 0) is 4.74 Å². The number of rotatable bonds is 4. The van der Waals surface area contributed by atoms with Gasteiger partial charge in [0.25, 0.3) is 5.91 Å². The molecule has 4 heteroatoms. The Hall–Kier alpha value is -1.84. The monoisotopic (exact) mass is 275 g/mol. The predicted molar refractivity (Wildman–Crippen MR) is 76.7 cm³/mol. The molecule has 1 aromatic carbocycles. The zero-order valence-electron chi connectivity index (χ0n) is 12.1. The van der Waals surface area contributed by atoms with Gasteiger partial charge in [-0.3, -0.25) is 4.79 Å². The van der Waals surface area contributed by atoms with Gasteiger partial charge >= 0.3 is 5.97 Å². The van der Waals surface area contributed by atoms with Crippen LogP contribution in [0.2, 0.25) is 0 Å². The number of amides is 1. The van der Waals surface area contributed by atoms with Gasteiger partial charge in [0.05, 0.1) is 12.7 Å². The van der Waals surface area contributed by atoms with Crippen LogP contribution in [0.15, 0.2) is 24.3 Å². The first kappa shape index (κ1) is 14.6. The molecule has 4 nitrogen and oxygen atoms in total. The van der Waals surface area contributed by atoms with Crippen LogP contribution >= 0.6 is 0 Å². The van der Waals surface area contributed by atoms with Gasteiger partial charge in [0, 0.05) is 18.2 Å². The fraction of sp³-hybridized carbons (Fsp3) is 0.500. The van der Waals surface area contributed by atoms with Gasteiger partial charge in [-0.25, -0.2) is 4.79 Å². The van der Waals surface area contributed by atoms with Crippen LogP contribution in [0, 0.1) is 0 Å². The third kappa shape index (κ3) is 3.00. The minimum Gasteiger partial charge on any atom is -0.465 e. The second-order valence-electron chi connectivity index (χ2n) is 5.10. The van der Waals surface area contributed by atoms with E-state index in [1.54, 1.807) is 24.3 Å². The average molecular weight is 275 g/mol. The van der Waals surface area contributed by atoms with Gasteiger partial charge in [-0.05, 0) is 44.0 Å². The van der Waals surface area contributed by atoms with Gasteiger partial charge in [-0.15, -0.1) is 0 Å². The Labute approximate surface area is 119 Å². The summed E-state index contributed by atoms with van der Waals surface area (Å²) in [6, 6.07) is 7.05. The molecule has 1 amide bonds. The lowest BCUT2D eigenvalue weighted by molar-refractivity contribution is 0.0599. The number of benzene rings is 1.